The molecule has 0 atom stereocenters. The summed E-state index contributed by atoms with van der Waals surface area (Å²) >= 11 is 0. The predicted molar refractivity (Wildman–Crippen MR) is 69.9 cm³/mol. The average molecular weight is 317 g/mol. The zero-order chi connectivity index (χ0) is 15.7. The van der Waals surface area contributed by atoms with Crippen molar-refractivity contribution in [2.24, 2.45) is 5.14 Å². The van der Waals surface area contributed by atoms with Gasteiger partial charge in [-0.05, 0) is 11.6 Å². The van der Waals surface area contributed by atoms with Gasteiger partial charge in [0.2, 0.25) is 10.0 Å². The highest BCUT2D eigenvalue weighted by molar-refractivity contribution is 7.89. The summed E-state index contributed by atoms with van der Waals surface area (Å²) in [5, 5.41) is 5.04. The van der Waals surface area contributed by atoms with E-state index in [-0.39, 0.29) is 5.56 Å². The lowest BCUT2D eigenvalue weighted by Crippen LogP contribution is -2.21. The molecule has 112 valence electrons. The van der Waals surface area contributed by atoms with Gasteiger partial charge in [-0.1, -0.05) is 42.5 Å². The summed E-state index contributed by atoms with van der Waals surface area (Å²) in [6.45, 7) is 0. The van der Waals surface area contributed by atoms with Crippen LogP contribution < -0.4 is 9.88 Å². The van der Waals surface area contributed by atoms with Crippen LogP contribution in [-0.2, 0) is 10.0 Å². The Hall–Kier alpha value is -2.06. The van der Waals surface area contributed by atoms with Gasteiger partial charge in [-0.2, -0.15) is 0 Å². The molecule has 0 aliphatic rings. The van der Waals surface area contributed by atoms with Gasteiger partial charge in [0.15, 0.2) is 0 Å². The second-order valence-corrected chi connectivity index (χ2v) is 5.59. The second-order valence-electron chi connectivity index (χ2n) is 4.09. The highest BCUT2D eigenvalue weighted by Crippen LogP contribution is 2.36. The van der Waals surface area contributed by atoms with E-state index in [1.165, 1.54) is 12.1 Å². The van der Waals surface area contributed by atoms with Gasteiger partial charge in [0.1, 0.15) is 10.6 Å². The number of hydrogen-bond donors (Lipinski definition) is 1. The van der Waals surface area contributed by atoms with Gasteiger partial charge < -0.3 is 4.74 Å². The minimum absolute atomic E-state index is 0.0415. The monoisotopic (exact) mass is 317 g/mol. The van der Waals surface area contributed by atoms with Crippen LogP contribution in [0.3, 0.4) is 0 Å². The molecule has 0 unspecified atom stereocenters. The van der Waals surface area contributed by atoms with E-state index in [0.29, 0.717) is 5.56 Å². The molecule has 0 saturated carbocycles. The van der Waals surface area contributed by atoms with E-state index in [1.54, 1.807) is 30.3 Å². The maximum absolute atomic E-state index is 12.4. The molecule has 2 aromatic carbocycles. The topological polar surface area (TPSA) is 69.4 Å². The summed E-state index contributed by atoms with van der Waals surface area (Å²) < 4.78 is 64.2. The molecule has 2 rings (SSSR count). The Bertz CT molecular complexity index is 743. The quantitative estimate of drug-likeness (QED) is 0.946. The predicted octanol–water partition coefficient (Wildman–Crippen LogP) is 2.90. The summed E-state index contributed by atoms with van der Waals surface area (Å²) in [4.78, 5) is -0.700. The van der Waals surface area contributed by atoms with Crippen molar-refractivity contribution in [1.82, 2.24) is 0 Å². The lowest BCUT2D eigenvalue weighted by molar-refractivity contribution is -0.275. The molecule has 0 radical (unpaired) electrons. The maximum atomic E-state index is 12.4. The summed E-state index contributed by atoms with van der Waals surface area (Å²) in [6.07, 6.45) is -5.02. The van der Waals surface area contributed by atoms with Gasteiger partial charge >= 0.3 is 6.36 Å². The van der Waals surface area contributed by atoms with Crippen LogP contribution in [0.1, 0.15) is 0 Å². The molecule has 0 aliphatic heterocycles. The molecule has 2 N–H and O–H groups in total. The fraction of sp³-hybridized carbons (Fsp3) is 0.0769. The van der Waals surface area contributed by atoms with Crippen molar-refractivity contribution in [3.8, 4) is 16.9 Å². The summed E-state index contributed by atoms with van der Waals surface area (Å²) in [5.74, 6) is -0.855. The summed E-state index contributed by atoms with van der Waals surface area (Å²) in [5.41, 5.74) is 0.453. The number of hydrogen-bond acceptors (Lipinski definition) is 3. The normalized spacial score (nSPS) is 12.2. The van der Waals surface area contributed by atoms with Crippen LogP contribution in [0.5, 0.6) is 5.75 Å². The number of sulfonamides is 1. The first-order valence-electron chi connectivity index (χ1n) is 5.65. The largest absolute Gasteiger partial charge is 0.573 e. The van der Waals surface area contributed by atoms with Gasteiger partial charge in [-0.15, -0.1) is 13.2 Å². The molecule has 8 heteroatoms. The van der Waals surface area contributed by atoms with Crippen molar-refractivity contribution in [3.05, 3.63) is 48.5 Å². The number of rotatable bonds is 3. The van der Waals surface area contributed by atoms with Crippen LogP contribution in [-0.4, -0.2) is 14.8 Å². The van der Waals surface area contributed by atoms with E-state index < -0.39 is 27.0 Å². The van der Waals surface area contributed by atoms with Crippen molar-refractivity contribution in [1.29, 1.82) is 0 Å². The molecular formula is C13H10F3NO3S. The number of nitrogens with two attached hydrogens (primary N) is 1. The molecule has 0 spiro atoms. The van der Waals surface area contributed by atoms with Crippen molar-refractivity contribution < 1.29 is 26.3 Å². The van der Waals surface area contributed by atoms with Crippen LogP contribution in [0.4, 0.5) is 13.2 Å². The highest BCUT2D eigenvalue weighted by Gasteiger charge is 2.34. The fourth-order valence-corrected chi connectivity index (χ4v) is 2.74. The van der Waals surface area contributed by atoms with Crippen LogP contribution in [0, 0.1) is 0 Å². The van der Waals surface area contributed by atoms with E-state index in [2.05, 4.69) is 4.74 Å². The van der Waals surface area contributed by atoms with Gasteiger partial charge in [0, 0.05) is 5.56 Å². The molecule has 0 fully saturated rings. The van der Waals surface area contributed by atoms with Crippen LogP contribution in [0.25, 0.3) is 11.1 Å². The Kier molecular flexibility index (Phi) is 3.93. The first kappa shape index (κ1) is 15.3. The molecule has 21 heavy (non-hydrogen) atoms. The number of primary sulfonamides is 1. The Morgan fingerprint density at radius 2 is 1.57 bits per heavy atom. The zero-order valence-electron chi connectivity index (χ0n) is 10.5. The van der Waals surface area contributed by atoms with E-state index in [9.17, 15) is 21.6 Å². The lowest BCUT2D eigenvalue weighted by Gasteiger charge is -2.15. The number of ether oxygens (including phenoxy) is 1. The van der Waals surface area contributed by atoms with Gasteiger partial charge in [-0.3, -0.25) is 0 Å². The van der Waals surface area contributed by atoms with Crippen molar-refractivity contribution in [2.45, 2.75) is 11.3 Å². The van der Waals surface area contributed by atoms with Gasteiger partial charge in [0.05, 0.1) is 0 Å². The van der Waals surface area contributed by atoms with Gasteiger partial charge in [-0.25, -0.2) is 13.6 Å². The molecule has 2 aromatic rings. The Labute approximate surface area is 119 Å². The van der Waals surface area contributed by atoms with Crippen molar-refractivity contribution >= 4 is 10.0 Å². The molecule has 0 saturated heterocycles. The third kappa shape index (κ3) is 3.73. The zero-order valence-corrected chi connectivity index (χ0v) is 11.3. The third-order valence-electron chi connectivity index (χ3n) is 2.57. The van der Waals surface area contributed by atoms with Crippen molar-refractivity contribution in [2.75, 3.05) is 0 Å². The van der Waals surface area contributed by atoms with Crippen LogP contribution >= 0.6 is 0 Å². The minimum Gasteiger partial charge on any atom is -0.404 e. The Morgan fingerprint density at radius 3 is 2.10 bits per heavy atom. The molecule has 0 aliphatic carbocycles. The van der Waals surface area contributed by atoms with E-state index in [1.807, 2.05) is 0 Å². The van der Waals surface area contributed by atoms with E-state index >= 15 is 0 Å². The number of alkyl halides is 3. The number of halogens is 3. The second kappa shape index (κ2) is 5.38. The van der Waals surface area contributed by atoms with Crippen molar-refractivity contribution in [3.63, 3.8) is 0 Å². The van der Waals surface area contributed by atoms with E-state index in [0.717, 1.165) is 6.07 Å². The van der Waals surface area contributed by atoms with E-state index in [4.69, 9.17) is 5.14 Å². The SMILES string of the molecule is NS(=O)(=O)c1c(OC(F)(F)F)cccc1-c1ccccc1. The Morgan fingerprint density at radius 1 is 0.952 bits per heavy atom. The van der Waals surface area contributed by atoms with Gasteiger partial charge in [0.25, 0.3) is 0 Å². The van der Waals surface area contributed by atoms with Crippen LogP contribution in [0.2, 0.25) is 0 Å². The smallest absolute Gasteiger partial charge is 0.404 e. The molecule has 4 nitrogen and oxygen atoms in total. The average Bonchev–Trinajstić information content (AvgIpc) is 2.36. The fourth-order valence-electron chi connectivity index (χ4n) is 1.86. The number of benzene rings is 2. The third-order valence-corrected chi connectivity index (χ3v) is 3.56. The summed E-state index contributed by atoms with van der Waals surface area (Å²) in [7, 11) is -4.41. The minimum atomic E-state index is -5.02. The summed E-state index contributed by atoms with van der Waals surface area (Å²) in [6, 6.07) is 11.6. The molecule has 0 bridgehead atoms. The first-order valence-corrected chi connectivity index (χ1v) is 7.20. The molecule has 0 amide bonds. The highest BCUT2D eigenvalue weighted by atomic mass is 32.2. The molecule has 0 heterocycles. The maximum Gasteiger partial charge on any atom is 0.573 e. The first-order chi connectivity index (χ1) is 9.68. The lowest BCUT2D eigenvalue weighted by atomic mass is 10.1. The Balaban J connectivity index is 2.70. The molecule has 0 aromatic heterocycles. The molecular weight excluding hydrogens is 307 g/mol. The standard InChI is InChI=1S/C13H10F3NO3S/c14-13(15,16)20-11-8-4-7-10(12(11)21(17,18)19)9-5-2-1-3-6-9/h1-8H,(H2,17,18,19). The van der Waals surface area contributed by atoms with Crippen LogP contribution in [0.15, 0.2) is 53.4 Å².